The molecule has 0 aliphatic heterocycles. The summed E-state index contributed by atoms with van der Waals surface area (Å²) in [4.78, 5) is 14.7. The van der Waals surface area contributed by atoms with Gasteiger partial charge in [0.2, 0.25) is 0 Å². The summed E-state index contributed by atoms with van der Waals surface area (Å²) in [5, 5.41) is 0.972. The van der Waals surface area contributed by atoms with Gasteiger partial charge in [-0.2, -0.15) is 0 Å². The Labute approximate surface area is 152 Å². The molecule has 0 atom stereocenters. The van der Waals surface area contributed by atoms with Gasteiger partial charge in [0.1, 0.15) is 5.76 Å². The fourth-order valence-electron chi connectivity index (χ4n) is 3.24. The van der Waals surface area contributed by atoms with Gasteiger partial charge in [-0.3, -0.25) is 4.79 Å². The molecule has 4 heteroatoms. The van der Waals surface area contributed by atoms with Gasteiger partial charge in [0, 0.05) is 30.7 Å². The Morgan fingerprint density at radius 3 is 2.54 bits per heavy atom. The fraction of sp³-hybridized carbons (Fsp3) is 0.136. The number of rotatable bonds is 5. The molecule has 2 aromatic carbocycles. The average molecular weight is 344 g/mol. The van der Waals surface area contributed by atoms with Crippen molar-refractivity contribution in [3.8, 4) is 0 Å². The molecule has 1 amide bonds. The van der Waals surface area contributed by atoms with E-state index in [2.05, 4.69) is 22.8 Å². The molecule has 0 aliphatic carbocycles. The van der Waals surface area contributed by atoms with Crippen LogP contribution in [0.4, 0.5) is 0 Å². The van der Waals surface area contributed by atoms with E-state index in [9.17, 15) is 4.79 Å². The minimum absolute atomic E-state index is 0.00980. The van der Waals surface area contributed by atoms with Crippen LogP contribution in [-0.4, -0.2) is 22.4 Å². The van der Waals surface area contributed by atoms with Crippen LogP contribution in [0.15, 0.2) is 83.6 Å². The molecule has 130 valence electrons. The molecule has 4 rings (SSSR count). The summed E-state index contributed by atoms with van der Waals surface area (Å²) in [5.74, 6) is 0.762. The number of hydrogen-bond acceptors (Lipinski definition) is 2. The van der Waals surface area contributed by atoms with Crippen molar-refractivity contribution in [2.24, 2.45) is 0 Å². The first-order valence-electron chi connectivity index (χ1n) is 8.62. The van der Waals surface area contributed by atoms with E-state index in [1.165, 1.54) is 5.56 Å². The van der Waals surface area contributed by atoms with E-state index >= 15 is 0 Å². The van der Waals surface area contributed by atoms with Gasteiger partial charge >= 0.3 is 0 Å². The van der Waals surface area contributed by atoms with Crippen LogP contribution in [0.1, 0.15) is 21.7 Å². The van der Waals surface area contributed by atoms with Crippen molar-refractivity contribution in [3.05, 3.63) is 96.1 Å². The van der Waals surface area contributed by atoms with Crippen molar-refractivity contribution in [2.45, 2.75) is 13.1 Å². The number of para-hydroxylation sites is 1. The van der Waals surface area contributed by atoms with Crippen molar-refractivity contribution in [2.75, 3.05) is 7.05 Å². The molecule has 0 saturated heterocycles. The van der Waals surface area contributed by atoms with Crippen molar-refractivity contribution in [1.82, 2.24) is 9.47 Å². The van der Waals surface area contributed by atoms with Gasteiger partial charge < -0.3 is 13.9 Å². The number of furan rings is 1. The van der Waals surface area contributed by atoms with Gasteiger partial charge in [-0.15, -0.1) is 0 Å². The molecule has 0 fully saturated rings. The molecular formula is C22H20N2O2. The third kappa shape index (κ3) is 3.14. The molecular weight excluding hydrogens is 324 g/mol. The van der Waals surface area contributed by atoms with Crippen LogP contribution in [0.5, 0.6) is 0 Å². The van der Waals surface area contributed by atoms with E-state index in [0.29, 0.717) is 12.1 Å². The van der Waals surface area contributed by atoms with Crippen LogP contribution in [-0.2, 0) is 13.1 Å². The monoisotopic (exact) mass is 344 g/mol. The molecule has 0 bridgehead atoms. The van der Waals surface area contributed by atoms with Crippen molar-refractivity contribution >= 4 is 16.8 Å². The van der Waals surface area contributed by atoms with E-state index in [-0.39, 0.29) is 5.91 Å². The fourth-order valence-corrected chi connectivity index (χ4v) is 3.24. The van der Waals surface area contributed by atoms with E-state index < -0.39 is 0 Å². The molecule has 0 saturated carbocycles. The Bertz CT molecular complexity index is 1020. The number of nitrogens with zero attached hydrogens (tertiary/aromatic N) is 2. The maximum Gasteiger partial charge on any atom is 0.256 e. The minimum atomic E-state index is -0.00980. The first-order valence-corrected chi connectivity index (χ1v) is 8.62. The Kier molecular flexibility index (Phi) is 4.32. The molecule has 0 unspecified atom stereocenters. The lowest BCUT2D eigenvalue weighted by atomic mass is 10.1. The normalized spacial score (nSPS) is 11.0. The van der Waals surface area contributed by atoms with Crippen LogP contribution < -0.4 is 0 Å². The molecule has 4 nitrogen and oxygen atoms in total. The van der Waals surface area contributed by atoms with E-state index in [0.717, 1.165) is 23.2 Å². The smallest absolute Gasteiger partial charge is 0.256 e. The molecule has 0 aliphatic rings. The van der Waals surface area contributed by atoms with Crippen LogP contribution in [0.3, 0.4) is 0 Å². The number of hydrogen-bond donors (Lipinski definition) is 0. The number of fused-ring (bicyclic) bond motifs is 1. The standard InChI is InChI=1S/C22H20N2O2/c1-23(15-18-10-7-13-26-18)22(25)20-16-24(14-17-8-3-2-4-9-17)21-12-6-5-11-19(20)21/h2-13,16H,14-15H2,1H3. The summed E-state index contributed by atoms with van der Waals surface area (Å²) in [7, 11) is 1.80. The maximum absolute atomic E-state index is 13.0. The first kappa shape index (κ1) is 16.2. The zero-order chi connectivity index (χ0) is 17.9. The second-order valence-electron chi connectivity index (χ2n) is 6.41. The number of carbonyl (C=O) groups is 1. The van der Waals surface area contributed by atoms with Gasteiger partial charge in [0.05, 0.1) is 18.4 Å². The van der Waals surface area contributed by atoms with Crippen LogP contribution in [0, 0.1) is 0 Å². The van der Waals surface area contributed by atoms with Crippen molar-refractivity contribution in [1.29, 1.82) is 0 Å². The van der Waals surface area contributed by atoms with Gasteiger partial charge in [-0.05, 0) is 23.8 Å². The molecule has 2 aromatic heterocycles. The molecule has 0 spiro atoms. The second-order valence-corrected chi connectivity index (χ2v) is 6.41. The molecule has 0 radical (unpaired) electrons. The third-order valence-corrected chi connectivity index (χ3v) is 4.53. The van der Waals surface area contributed by atoms with E-state index in [4.69, 9.17) is 4.42 Å². The lowest BCUT2D eigenvalue weighted by Gasteiger charge is -2.15. The van der Waals surface area contributed by atoms with Crippen molar-refractivity contribution in [3.63, 3.8) is 0 Å². The van der Waals surface area contributed by atoms with E-state index in [1.807, 2.05) is 54.7 Å². The zero-order valence-corrected chi connectivity index (χ0v) is 14.6. The predicted molar refractivity (Wildman–Crippen MR) is 102 cm³/mol. The van der Waals surface area contributed by atoms with Gasteiger partial charge in [0.25, 0.3) is 5.91 Å². The number of amides is 1. The zero-order valence-electron chi connectivity index (χ0n) is 14.6. The predicted octanol–water partition coefficient (Wildman–Crippen LogP) is 4.55. The summed E-state index contributed by atoms with van der Waals surface area (Å²) in [6.45, 7) is 1.18. The number of aromatic nitrogens is 1. The highest BCUT2D eigenvalue weighted by molar-refractivity contribution is 6.06. The molecule has 4 aromatic rings. The summed E-state index contributed by atoms with van der Waals surface area (Å²) in [5.41, 5.74) is 2.98. The molecule has 26 heavy (non-hydrogen) atoms. The summed E-state index contributed by atoms with van der Waals surface area (Å²) < 4.78 is 7.50. The van der Waals surface area contributed by atoms with Crippen LogP contribution in [0.2, 0.25) is 0 Å². The van der Waals surface area contributed by atoms with Gasteiger partial charge in [-0.25, -0.2) is 0 Å². The third-order valence-electron chi connectivity index (χ3n) is 4.53. The lowest BCUT2D eigenvalue weighted by molar-refractivity contribution is 0.0777. The van der Waals surface area contributed by atoms with Crippen LogP contribution >= 0.6 is 0 Å². The van der Waals surface area contributed by atoms with Gasteiger partial charge in [-0.1, -0.05) is 48.5 Å². The van der Waals surface area contributed by atoms with E-state index in [1.54, 1.807) is 18.2 Å². The summed E-state index contributed by atoms with van der Waals surface area (Å²) >= 11 is 0. The highest BCUT2D eigenvalue weighted by Crippen LogP contribution is 2.24. The Balaban J connectivity index is 1.67. The van der Waals surface area contributed by atoms with Crippen molar-refractivity contribution < 1.29 is 9.21 Å². The largest absolute Gasteiger partial charge is 0.467 e. The quantitative estimate of drug-likeness (QED) is 0.532. The van der Waals surface area contributed by atoms with Gasteiger partial charge in [0.15, 0.2) is 0 Å². The average Bonchev–Trinajstić information content (AvgIpc) is 3.30. The Morgan fingerprint density at radius 1 is 1.00 bits per heavy atom. The maximum atomic E-state index is 13.0. The number of benzene rings is 2. The number of carbonyl (C=O) groups excluding carboxylic acids is 1. The second kappa shape index (κ2) is 6.92. The lowest BCUT2D eigenvalue weighted by Crippen LogP contribution is -2.25. The molecule has 2 heterocycles. The summed E-state index contributed by atoms with van der Waals surface area (Å²) in [6, 6.07) is 22.0. The Morgan fingerprint density at radius 2 is 1.77 bits per heavy atom. The highest BCUT2D eigenvalue weighted by Gasteiger charge is 2.19. The highest BCUT2D eigenvalue weighted by atomic mass is 16.3. The first-order chi connectivity index (χ1) is 12.7. The molecule has 0 N–H and O–H groups in total. The van der Waals surface area contributed by atoms with Crippen LogP contribution in [0.25, 0.3) is 10.9 Å². The topological polar surface area (TPSA) is 38.4 Å². The SMILES string of the molecule is CN(Cc1ccco1)C(=O)c1cn(Cc2ccccc2)c2ccccc12. The minimum Gasteiger partial charge on any atom is -0.467 e. The Hall–Kier alpha value is -3.27. The summed E-state index contributed by atoms with van der Waals surface area (Å²) in [6.07, 6.45) is 3.58.